The van der Waals surface area contributed by atoms with Crippen LogP contribution in [0.5, 0.6) is 0 Å². The molecule has 0 amide bonds. The Morgan fingerprint density at radius 2 is 1.65 bits per heavy atom. The zero-order valence-electron chi connectivity index (χ0n) is 13.4. The lowest BCUT2D eigenvalue weighted by molar-refractivity contribution is -0.138. The summed E-state index contributed by atoms with van der Waals surface area (Å²) >= 11 is 0. The summed E-state index contributed by atoms with van der Waals surface area (Å²) < 4.78 is 39.7. The van der Waals surface area contributed by atoms with Crippen molar-refractivity contribution in [2.24, 2.45) is 11.8 Å². The van der Waals surface area contributed by atoms with E-state index in [0.717, 1.165) is 37.8 Å². The van der Waals surface area contributed by atoms with Gasteiger partial charge in [-0.2, -0.15) is 13.2 Å². The Morgan fingerprint density at radius 3 is 2.26 bits per heavy atom. The lowest BCUT2D eigenvalue weighted by atomic mass is 9.84. The summed E-state index contributed by atoms with van der Waals surface area (Å²) in [5, 5.41) is 0. The Bertz CT molecular complexity index is 560. The number of rotatable bonds is 2. The van der Waals surface area contributed by atoms with Crippen LogP contribution in [-0.2, 0) is 6.18 Å². The summed E-state index contributed by atoms with van der Waals surface area (Å²) in [4.78, 5) is 2.58. The summed E-state index contributed by atoms with van der Waals surface area (Å²) in [7, 11) is 0. The van der Waals surface area contributed by atoms with Crippen LogP contribution in [0.15, 0.2) is 24.3 Å². The monoisotopic (exact) mass is 323 g/mol. The molecular formula is C19H24F3N. The first-order valence-electron chi connectivity index (χ1n) is 8.92. The van der Waals surface area contributed by atoms with Crippen molar-refractivity contribution in [2.45, 2.75) is 56.7 Å². The minimum atomic E-state index is -4.24. The predicted octanol–water partition coefficient (Wildman–Crippen LogP) is 5.07. The third-order valence-corrected chi connectivity index (χ3v) is 6.41. The van der Waals surface area contributed by atoms with E-state index in [1.54, 1.807) is 12.1 Å². The van der Waals surface area contributed by atoms with Gasteiger partial charge in [0.1, 0.15) is 0 Å². The fourth-order valence-electron chi connectivity index (χ4n) is 5.31. The second-order valence-corrected chi connectivity index (χ2v) is 7.64. The van der Waals surface area contributed by atoms with Gasteiger partial charge in [-0.1, -0.05) is 24.6 Å². The second kappa shape index (κ2) is 5.80. The summed E-state index contributed by atoms with van der Waals surface area (Å²) in [5.41, 5.74) is 0.0750. The normalized spacial score (nSPS) is 32.6. The molecule has 3 aliphatic rings. The van der Waals surface area contributed by atoms with Gasteiger partial charge in [0.25, 0.3) is 0 Å². The molecule has 3 fully saturated rings. The van der Waals surface area contributed by atoms with Crippen molar-refractivity contribution in [1.82, 2.24) is 4.90 Å². The summed E-state index contributed by atoms with van der Waals surface area (Å²) in [6.07, 6.45) is 2.97. The van der Waals surface area contributed by atoms with E-state index < -0.39 is 11.7 Å². The Morgan fingerprint density at radius 1 is 0.913 bits per heavy atom. The van der Waals surface area contributed by atoms with Crippen LogP contribution >= 0.6 is 0 Å². The van der Waals surface area contributed by atoms with E-state index in [0.29, 0.717) is 11.6 Å². The SMILES string of the molecule is FC(F)(F)c1ccccc1C1CCN(C2CC3CCC2C3)CC1. The lowest BCUT2D eigenvalue weighted by Crippen LogP contribution is -2.43. The van der Waals surface area contributed by atoms with Gasteiger partial charge in [0.15, 0.2) is 0 Å². The van der Waals surface area contributed by atoms with Crippen molar-refractivity contribution in [3.8, 4) is 0 Å². The highest BCUT2D eigenvalue weighted by atomic mass is 19.4. The first kappa shape index (κ1) is 15.5. The maximum Gasteiger partial charge on any atom is 0.416 e. The number of fused-ring (bicyclic) bond motifs is 2. The lowest BCUT2D eigenvalue weighted by Gasteiger charge is -2.40. The number of benzene rings is 1. The maximum atomic E-state index is 13.2. The maximum absolute atomic E-state index is 13.2. The van der Waals surface area contributed by atoms with E-state index in [1.807, 2.05) is 0 Å². The van der Waals surface area contributed by atoms with Crippen molar-refractivity contribution >= 4 is 0 Å². The molecule has 4 heteroatoms. The number of piperidine rings is 1. The average Bonchev–Trinajstić information content (AvgIpc) is 3.17. The third kappa shape index (κ3) is 2.90. The zero-order chi connectivity index (χ0) is 16.0. The summed E-state index contributed by atoms with van der Waals surface area (Å²) in [5.74, 6) is 1.84. The van der Waals surface area contributed by atoms with Gasteiger partial charge < -0.3 is 4.90 Å². The molecule has 1 aromatic rings. The molecule has 1 saturated heterocycles. The van der Waals surface area contributed by atoms with Gasteiger partial charge >= 0.3 is 6.18 Å². The molecule has 126 valence electrons. The molecule has 4 rings (SSSR count). The van der Waals surface area contributed by atoms with Crippen LogP contribution in [0, 0.1) is 11.8 Å². The smallest absolute Gasteiger partial charge is 0.300 e. The van der Waals surface area contributed by atoms with E-state index in [2.05, 4.69) is 4.90 Å². The van der Waals surface area contributed by atoms with Crippen molar-refractivity contribution in [1.29, 1.82) is 0 Å². The number of likely N-dealkylation sites (tertiary alicyclic amines) is 1. The quantitative estimate of drug-likeness (QED) is 0.734. The van der Waals surface area contributed by atoms with Gasteiger partial charge in [-0.25, -0.2) is 0 Å². The Kier molecular flexibility index (Phi) is 3.91. The summed E-state index contributed by atoms with van der Waals surface area (Å²) in [6.45, 7) is 1.93. The van der Waals surface area contributed by atoms with Gasteiger partial charge in [0, 0.05) is 6.04 Å². The Balaban J connectivity index is 1.44. The molecule has 0 aromatic heterocycles. The highest BCUT2D eigenvalue weighted by Crippen LogP contribution is 2.48. The van der Waals surface area contributed by atoms with Crippen LogP contribution in [0.4, 0.5) is 13.2 Å². The van der Waals surface area contributed by atoms with Crippen molar-refractivity contribution in [3.05, 3.63) is 35.4 Å². The molecule has 0 N–H and O–H groups in total. The van der Waals surface area contributed by atoms with E-state index in [9.17, 15) is 13.2 Å². The van der Waals surface area contributed by atoms with E-state index >= 15 is 0 Å². The van der Waals surface area contributed by atoms with Crippen LogP contribution in [0.2, 0.25) is 0 Å². The van der Waals surface area contributed by atoms with Crippen LogP contribution < -0.4 is 0 Å². The molecule has 23 heavy (non-hydrogen) atoms. The molecule has 2 saturated carbocycles. The highest BCUT2D eigenvalue weighted by molar-refractivity contribution is 5.33. The van der Waals surface area contributed by atoms with Gasteiger partial charge in [-0.15, -0.1) is 0 Å². The molecule has 2 aliphatic carbocycles. The molecule has 3 atom stereocenters. The van der Waals surface area contributed by atoms with Crippen molar-refractivity contribution in [2.75, 3.05) is 13.1 Å². The topological polar surface area (TPSA) is 3.24 Å². The predicted molar refractivity (Wildman–Crippen MR) is 84.2 cm³/mol. The molecule has 1 heterocycles. The highest BCUT2D eigenvalue weighted by Gasteiger charge is 2.43. The van der Waals surface area contributed by atoms with Crippen molar-refractivity contribution in [3.63, 3.8) is 0 Å². The number of nitrogens with zero attached hydrogens (tertiary/aromatic N) is 1. The van der Waals surface area contributed by atoms with Crippen LogP contribution in [0.3, 0.4) is 0 Å². The number of hydrogen-bond donors (Lipinski definition) is 0. The van der Waals surface area contributed by atoms with Crippen LogP contribution in [0.25, 0.3) is 0 Å². The van der Waals surface area contributed by atoms with Gasteiger partial charge in [0.05, 0.1) is 5.56 Å². The molecular weight excluding hydrogens is 299 g/mol. The number of alkyl halides is 3. The first-order valence-corrected chi connectivity index (χ1v) is 8.92. The Hall–Kier alpha value is -1.03. The summed E-state index contributed by atoms with van der Waals surface area (Å²) in [6, 6.07) is 6.87. The van der Waals surface area contributed by atoms with Crippen molar-refractivity contribution < 1.29 is 13.2 Å². The van der Waals surface area contributed by atoms with E-state index in [4.69, 9.17) is 0 Å². The molecule has 1 nitrogen and oxygen atoms in total. The molecule has 1 aromatic carbocycles. The fourth-order valence-corrected chi connectivity index (χ4v) is 5.31. The van der Waals surface area contributed by atoms with E-state index in [-0.39, 0.29) is 5.92 Å². The molecule has 1 aliphatic heterocycles. The van der Waals surface area contributed by atoms with Gasteiger partial charge in [-0.05, 0) is 74.6 Å². The van der Waals surface area contributed by atoms with Gasteiger partial charge in [-0.3, -0.25) is 0 Å². The average molecular weight is 323 g/mol. The number of hydrogen-bond acceptors (Lipinski definition) is 1. The largest absolute Gasteiger partial charge is 0.416 e. The molecule has 0 spiro atoms. The first-order chi connectivity index (χ1) is 11.0. The minimum Gasteiger partial charge on any atom is -0.300 e. The Labute approximate surface area is 135 Å². The van der Waals surface area contributed by atoms with Crippen LogP contribution in [-0.4, -0.2) is 24.0 Å². The third-order valence-electron chi connectivity index (χ3n) is 6.41. The number of halogens is 3. The van der Waals surface area contributed by atoms with Crippen LogP contribution in [0.1, 0.15) is 55.6 Å². The van der Waals surface area contributed by atoms with E-state index in [1.165, 1.54) is 37.8 Å². The fraction of sp³-hybridized carbons (Fsp3) is 0.684. The molecule has 3 unspecified atom stereocenters. The zero-order valence-corrected chi connectivity index (χ0v) is 13.4. The molecule has 2 bridgehead atoms. The minimum absolute atomic E-state index is 0.0580. The molecule has 0 radical (unpaired) electrons. The van der Waals surface area contributed by atoms with Gasteiger partial charge in [0.2, 0.25) is 0 Å². The second-order valence-electron chi connectivity index (χ2n) is 7.64. The standard InChI is InChI=1S/C19H24F3N/c20-19(21,22)17-4-2-1-3-16(17)14-7-9-23(10-8-14)18-12-13-5-6-15(18)11-13/h1-4,13-15,18H,5-12H2.